The van der Waals surface area contributed by atoms with Gasteiger partial charge in [-0.2, -0.15) is 0 Å². The van der Waals surface area contributed by atoms with Crippen LogP contribution in [-0.2, 0) is 0 Å². The quantitative estimate of drug-likeness (QED) is 0.878. The third-order valence-electron chi connectivity index (χ3n) is 3.35. The van der Waals surface area contributed by atoms with Crippen LogP contribution in [-0.4, -0.2) is 35.1 Å². The van der Waals surface area contributed by atoms with Crippen LogP contribution in [0, 0.1) is 6.92 Å². The fraction of sp³-hybridized carbons (Fsp3) is 0.462. The number of rotatable bonds is 2. The van der Waals surface area contributed by atoms with Gasteiger partial charge in [-0.15, -0.1) is 0 Å². The van der Waals surface area contributed by atoms with Crippen molar-refractivity contribution >= 4 is 17.5 Å². The molecule has 92 valence electrons. The fourth-order valence-corrected chi connectivity index (χ4v) is 2.46. The number of aliphatic hydroxyl groups excluding tert-OH is 1. The minimum atomic E-state index is -0.0409. The summed E-state index contributed by atoms with van der Waals surface area (Å²) in [7, 11) is 0. The van der Waals surface area contributed by atoms with E-state index in [0.29, 0.717) is 10.6 Å². The lowest BCUT2D eigenvalue weighted by atomic mass is 10.1. The van der Waals surface area contributed by atoms with Crippen LogP contribution >= 0.6 is 11.6 Å². The van der Waals surface area contributed by atoms with Crippen molar-refractivity contribution in [3.8, 4) is 0 Å². The van der Waals surface area contributed by atoms with E-state index in [1.54, 1.807) is 23.1 Å². The Morgan fingerprint density at radius 2 is 2.35 bits per heavy atom. The summed E-state index contributed by atoms with van der Waals surface area (Å²) in [6.45, 7) is 2.60. The molecule has 1 fully saturated rings. The number of likely N-dealkylation sites (tertiary alicyclic amines) is 1. The summed E-state index contributed by atoms with van der Waals surface area (Å²) in [6.07, 6.45) is 1.83. The van der Waals surface area contributed by atoms with E-state index in [9.17, 15) is 9.90 Å². The number of halogens is 1. The summed E-state index contributed by atoms with van der Waals surface area (Å²) in [5, 5.41) is 9.84. The summed E-state index contributed by atoms with van der Waals surface area (Å²) in [4.78, 5) is 14.1. The maximum Gasteiger partial charge on any atom is 0.254 e. The van der Waals surface area contributed by atoms with Crippen molar-refractivity contribution in [3.63, 3.8) is 0 Å². The number of aliphatic hydroxyl groups is 1. The molecule has 2 rings (SSSR count). The lowest BCUT2D eigenvalue weighted by molar-refractivity contribution is 0.0677. The van der Waals surface area contributed by atoms with Crippen LogP contribution in [0.3, 0.4) is 0 Å². The lowest BCUT2D eigenvalue weighted by Crippen LogP contribution is -2.37. The predicted octanol–water partition coefficient (Wildman–Crippen LogP) is 2.25. The van der Waals surface area contributed by atoms with Crippen LogP contribution in [0.4, 0.5) is 0 Å². The van der Waals surface area contributed by atoms with Gasteiger partial charge in [0.25, 0.3) is 5.91 Å². The number of nitrogens with zero attached hydrogens (tertiary/aromatic N) is 1. The molecule has 3 nitrogen and oxygen atoms in total. The minimum absolute atomic E-state index is 0.0263. The number of amides is 1. The molecule has 1 aliphatic heterocycles. The normalized spacial score (nSPS) is 19.7. The molecule has 0 unspecified atom stereocenters. The molecule has 0 saturated carbocycles. The van der Waals surface area contributed by atoms with E-state index in [1.807, 2.05) is 6.92 Å². The van der Waals surface area contributed by atoms with Gasteiger partial charge in [-0.3, -0.25) is 4.79 Å². The largest absolute Gasteiger partial charge is 0.394 e. The first-order chi connectivity index (χ1) is 8.15. The Hall–Kier alpha value is -1.06. The highest BCUT2D eigenvalue weighted by Gasteiger charge is 2.29. The average molecular weight is 254 g/mol. The van der Waals surface area contributed by atoms with E-state index >= 15 is 0 Å². The fourth-order valence-electron chi connectivity index (χ4n) is 2.29. The maximum absolute atomic E-state index is 12.3. The molecule has 1 aliphatic rings. The summed E-state index contributed by atoms with van der Waals surface area (Å²) in [5.74, 6) is -0.0263. The molecular weight excluding hydrogens is 238 g/mol. The molecule has 0 spiro atoms. The molecule has 0 radical (unpaired) electrons. The molecule has 1 amide bonds. The van der Waals surface area contributed by atoms with E-state index in [2.05, 4.69) is 0 Å². The molecule has 17 heavy (non-hydrogen) atoms. The second kappa shape index (κ2) is 5.07. The molecule has 4 heteroatoms. The zero-order valence-corrected chi connectivity index (χ0v) is 10.6. The Kier molecular flexibility index (Phi) is 3.69. The molecule has 0 aliphatic carbocycles. The van der Waals surface area contributed by atoms with Gasteiger partial charge in [-0.25, -0.2) is 0 Å². The van der Waals surface area contributed by atoms with Crippen molar-refractivity contribution in [2.45, 2.75) is 25.8 Å². The van der Waals surface area contributed by atoms with Crippen molar-refractivity contribution in [1.82, 2.24) is 4.90 Å². The Morgan fingerprint density at radius 3 is 3.06 bits per heavy atom. The summed E-state index contributed by atoms with van der Waals surface area (Å²) in [6, 6.07) is 5.31. The molecule has 1 saturated heterocycles. The van der Waals surface area contributed by atoms with Gasteiger partial charge in [0.1, 0.15) is 0 Å². The Balaban J connectivity index is 2.28. The molecule has 0 aromatic heterocycles. The van der Waals surface area contributed by atoms with Gasteiger partial charge in [-0.05, 0) is 37.5 Å². The Morgan fingerprint density at radius 1 is 1.59 bits per heavy atom. The first-order valence-electron chi connectivity index (χ1n) is 5.82. The number of carbonyl (C=O) groups excluding carboxylic acids is 1. The third-order valence-corrected chi connectivity index (χ3v) is 3.76. The van der Waals surface area contributed by atoms with Crippen molar-refractivity contribution < 1.29 is 9.90 Å². The maximum atomic E-state index is 12.3. The molecule has 1 aromatic rings. The summed E-state index contributed by atoms with van der Waals surface area (Å²) >= 11 is 6.01. The molecule has 0 bridgehead atoms. The van der Waals surface area contributed by atoms with Crippen molar-refractivity contribution in [2.75, 3.05) is 13.2 Å². The van der Waals surface area contributed by atoms with Crippen molar-refractivity contribution in [3.05, 3.63) is 34.3 Å². The van der Waals surface area contributed by atoms with E-state index in [4.69, 9.17) is 11.6 Å². The van der Waals surface area contributed by atoms with Gasteiger partial charge in [0, 0.05) is 17.1 Å². The van der Waals surface area contributed by atoms with Gasteiger partial charge in [0.15, 0.2) is 0 Å². The molecule has 1 N–H and O–H groups in total. The van der Waals surface area contributed by atoms with Crippen LogP contribution in [0.5, 0.6) is 0 Å². The standard InChI is InChI=1S/C13H16ClNO2/c1-9-11(5-2-6-12(9)14)13(17)15-7-3-4-10(15)8-16/h2,5-6,10,16H,3-4,7-8H2,1H3/t10-/m0/s1. The molecule has 1 heterocycles. The highest BCUT2D eigenvalue weighted by Crippen LogP contribution is 2.24. The molecule has 1 aromatic carbocycles. The van der Waals surface area contributed by atoms with Gasteiger partial charge in [0.2, 0.25) is 0 Å². The SMILES string of the molecule is Cc1c(Cl)cccc1C(=O)N1CCC[C@H]1CO. The third kappa shape index (κ3) is 2.31. The number of benzene rings is 1. The van der Waals surface area contributed by atoms with Crippen LogP contribution in [0.2, 0.25) is 5.02 Å². The minimum Gasteiger partial charge on any atom is -0.394 e. The monoisotopic (exact) mass is 253 g/mol. The smallest absolute Gasteiger partial charge is 0.254 e. The van der Waals surface area contributed by atoms with Gasteiger partial charge in [-0.1, -0.05) is 17.7 Å². The molecular formula is C13H16ClNO2. The summed E-state index contributed by atoms with van der Waals surface area (Å²) in [5.41, 5.74) is 1.45. The average Bonchev–Trinajstić information content (AvgIpc) is 2.80. The van der Waals surface area contributed by atoms with E-state index in [0.717, 1.165) is 24.9 Å². The second-order valence-corrected chi connectivity index (χ2v) is 4.80. The topological polar surface area (TPSA) is 40.5 Å². The van der Waals surface area contributed by atoms with Crippen molar-refractivity contribution in [2.24, 2.45) is 0 Å². The number of hydrogen-bond acceptors (Lipinski definition) is 2. The van der Waals surface area contributed by atoms with Crippen LogP contribution in [0.25, 0.3) is 0 Å². The van der Waals surface area contributed by atoms with Crippen LogP contribution < -0.4 is 0 Å². The Bertz CT molecular complexity index is 433. The zero-order chi connectivity index (χ0) is 12.4. The number of carbonyl (C=O) groups is 1. The van der Waals surface area contributed by atoms with Crippen LogP contribution in [0.1, 0.15) is 28.8 Å². The first kappa shape index (κ1) is 12.4. The van der Waals surface area contributed by atoms with Gasteiger partial charge >= 0.3 is 0 Å². The molecule has 1 atom stereocenters. The summed E-state index contributed by atoms with van der Waals surface area (Å²) < 4.78 is 0. The Labute approximate surface area is 106 Å². The predicted molar refractivity (Wildman–Crippen MR) is 67.3 cm³/mol. The number of hydrogen-bond donors (Lipinski definition) is 1. The lowest BCUT2D eigenvalue weighted by Gasteiger charge is -2.24. The van der Waals surface area contributed by atoms with E-state index in [-0.39, 0.29) is 18.6 Å². The first-order valence-corrected chi connectivity index (χ1v) is 6.20. The highest BCUT2D eigenvalue weighted by atomic mass is 35.5. The van der Waals surface area contributed by atoms with Crippen LogP contribution in [0.15, 0.2) is 18.2 Å². The van der Waals surface area contributed by atoms with Gasteiger partial charge < -0.3 is 10.0 Å². The van der Waals surface area contributed by atoms with E-state index < -0.39 is 0 Å². The second-order valence-electron chi connectivity index (χ2n) is 4.39. The highest BCUT2D eigenvalue weighted by molar-refractivity contribution is 6.31. The van der Waals surface area contributed by atoms with E-state index in [1.165, 1.54) is 0 Å². The zero-order valence-electron chi connectivity index (χ0n) is 9.82. The van der Waals surface area contributed by atoms with Gasteiger partial charge in [0.05, 0.1) is 12.6 Å². The van der Waals surface area contributed by atoms with Crippen molar-refractivity contribution in [1.29, 1.82) is 0 Å².